The lowest BCUT2D eigenvalue weighted by Gasteiger charge is -2.40. The van der Waals surface area contributed by atoms with Crippen molar-refractivity contribution in [3.05, 3.63) is 36.3 Å². The zero-order valence-electron chi connectivity index (χ0n) is 17.3. The Morgan fingerprint density at radius 3 is 2.37 bits per heavy atom. The molecule has 0 spiro atoms. The molecule has 3 fully saturated rings. The van der Waals surface area contributed by atoms with Crippen LogP contribution >= 0.6 is 0 Å². The maximum Gasteiger partial charge on any atom is 0.276 e. The van der Waals surface area contributed by atoms with E-state index in [1.165, 1.54) is 38.4 Å². The summed E-state index contributed by atoms with van der Waals surface area (Å²) in [6.45, 7) is 3.39. The van der Waals surface area contributed by atoms with Gasteiger partial charge in [-0.05, 0) is 25.7 Å². The Labute approximate surface area is 177 Å². The van der Waals surface area contributed by atoms with Crippen molar-refractivity contribution in [2.24, 2.45) is 0 Å². The molecule has 0 unspecified atom stereocenters. The molecule has 0 radical (unpaired) electrons. The van der Waals surface area contributed by atoms with Crippen LogP contribution in [0.3, 0.4) is 0 Å². The van der Waals surface area contributed by atoms with Crippen LogP contribution < -0.4 is 5.32 Å². The van der Waals surface area contributed by atoms with Crippen LogP contribution in [0.5, 0.6) is 0 Å². The van der Waals surface area contributed by atoms with Crippen LogP contribution in [0.1, 0.15) is 67.0 Å². The second kappa shape index (κ2) is 8.63. The van der Waals surface area contributed by atoms with Crippen molar-refractivity contribution in [2.45, 2.75) is 56.9 Å². The van der Waals surface area contributed by atoms with Gasteiger partial charge in [0.15, 0.2) is 11.5 Å². The highest BCUT2D eigenvalue weighted by Gasteiger charge is 2.31. The van der Waals surface area contributed by atoms with Gasteiger partial charge in [0.05, 0.1) is 30.0 Å². The molecule has 5 rings (SSSR count). The zero-order valence-corrected chi connectivity index (χ0v) is 17.3. The summed E-state index contributed by atoms with van der Waals surface area (Å²) in [5.74, 6) is 0.892. The highest BCUT2D eigenvalue weighted by molar-refractivity contribution is 5.97. The Morgan fingerprint density at radius 1 is 0.933 bits per heavy atom. The van der Waals surface area contributed by atoms with E-state index in [1.54, 1.807) is 18.6 Å². The average Bonchev–Trinajstić information content (AvgIpc) is 3.66. The van der Waals surface area contributed by atoms with E-state index >= 15 is 0 Å². The fraction of sp³-hybridized carbons (Fsp3) is 0.591. The molecule has 2 aromatic heterocycles. The van der Waals surface area contributed by atoms with Crippen molar-refractivity contribution in [3.8, 4) is 0 Å². The van der Waals surface area contributed by atoms with Gasteiger partial charge in [-0.2, -0.15) is 0 Å². The van der Waals surface area contributed by atoms with Crippen LogP contribution in [0.25, 0.3) is 0 Å². The van der Waals surface area contributed by atoms with E-state index in [4.69, 9.17) is 4.98 Å². The van der Waals surface area contributed by atoms with E-state index in [9.17, 15) is 4.79 Å². The number of anilines is 2. The molecule has 0 aromatic carbocycles. The quantitative estimate of drug-likeness (QED) is 0.815. The van der Waals surface area contributed by atoms with Crippen molar-refractivity contribution in [3.63, 3.8) is 0 Å². The number of carbonyl (C=O) groups excluding carboxylic acids is 1. The van der Waals surface area contributed by atoms with Crippen LogP contribution in [-0.4, -0.2) is 67.9 Å². The van der Waals surface area contributed by atoms with Crippen molar-refractivity contribution in [2.75, 3.05) is 31.5 Å². The molecule has 2 aliphatic carbocycles. The fourth-order valence-electron chi connectivity index (χ4n) is 4.61. The van der Waals surface area contributed by atoms with Gasteiger partial charge in [0.2, 0.25) is 0 Å². The second-order valence-electron chi connectivity index (χ2n) is 8.64. The second-order valence-corrected chi connectivity index (χ2v) is 8.64. The van der Waals surface area contributed by atoms with E-state index in [2.05, 4.69) is 25.2 Å². The molecular formula is C22H29N7O. The van der Waals surface area contributed by atoms with Crippen LogP contribution in [-0.2, 0) is 0 Å². The molecule has 8 heteroatoms. The first-order chi connectivity index (χ1) is 14.8. The molecule has 8 nitrogen and oxygen atoms in total. The van der Waals surface area contributed by atoms with E-state index in [0.717, 1.165) is 44.7 Å². The third-order valence-electron chi connectivity index (χ3n) is 6.51. The molecule has 0 bridgehead atoms. The number of rotatable bonds is 5. The number of hydrogen-bond acceptors (Lipinski definition) is 7. The smallest absolute Gasteiger partial charge is 0.276 e. The number of piperazine rings is 1. The number of hydrogen-bond donors (Lipinski definition) is 1. The minimum atomic E-state index is -0.0346. The summed E-state index contributed by atoms with van der Waals surface area (Å²) < 4.78 is 0. The number of nitrogens with one attached hydrogen (secondary N) is 1. The monoisotopic (exact) mass is 407 g/mol. The Balaban J connectivity index is 1.32. The Morgan fingerprint density at radius 2 is 1.67 bits per heavy atom. The van der Waals surface area contributed by atoms with Crippen LogP contribution in [0.2, 0.25) is 0 Å². The molecule has 2 aromatic rings. The largest absolute Gasteiger partial charge is 0.336 e. The normalized spacial score (nSPS) is 20.9. The van der Waals surface area contributed by atoms with Crippen molar-refractivity contribution < 1.29 is 4.79 Å². The van der Waals surface area contributed by atoms with Crippen LogP contribution in [0.4, 0.5) is 11.5 Å². The lowest BCUT2D eigenvalue weighted by molar-refractivity contribution is 0.0519. The minimum absolute atomic E-state index is 0.0346. The van der Waals surface area contributed by atoms with E-state index in [-0.39, 0.29) is 5.91 Å². The number of amides is 1. The summed E-state index contributed by atoms with van der Waals surface area (Å²) in [5, 5.41) is 3.18. The summed E-state index contributed by atoms with van der Waals surface area (Å²) in [7, 11) is 0. The molecule has 30 heavy (non-hydrogen) atoms. The summed E-state index contributed by atoms with van der Waals surface area (Å²) in [5.41, 5.74) is 2.03. The number of carbonyl (C=O) groups is 1. The lowest BCUT2D eigenvalue weighted by Crippen LogP contribution is -2.52. The Hall–Kier alpha value is -2.61. The first kappa shape index (κ1) is 19.4. The molecule has 1 N–H and O–H groups in total. The Bertz CT molecular complexity index is 872. The van der Waals surface area contributed by atoms with Gasteiger partial charge in [0, 0.05) is 38.1 Å². The van der Waals surface area contributed by atoms with Gasteiger partial charge in [-0.15, -0.1) is 0 Å². The molecule has 0 atom stereocenters. The molecule has 3 aliphatic rings. The van der Waals surface area contributed by atoms with Crippen LogP contribution in [0.15, 0.2) is 24.9 Å². The third kappa shape index (κ3) is 4.28. The van der Waals surface area contributed by atoms with Gasteiger partial charge in [-0.25, -0.2) is 19.9 Å². The highest BCUT2D eigenvalue weighted by Crippen LogP contribution is 2.39. The van der Waals surface area contributed by atoms with Gasteiger partial charge < -0.3 is 10.2 Å². The highest BCUT2D eigenvalue weighted by atomic mass is 16.2. The summed E-state index contributed by atoms with van der Waals surface area (Å²) in [6, 6.07) is 0.698. The number of aromatic nitrogens is 4. The Kier molecular flexibility index (Phi) is 5.57. The zero-order chi connectivity index (χ0) is 20.3. The maximum absolute atomic E-state index is 13.4. The van der Waals surface area contributed by atoms with Crippen molar-refractivity contribution >= 4 is 17.4 Å². The van der Waals surface area contributed by atoms with E-state index in [0.29, 0.717) is 29.2 Å². The molecule has 1 amide bonds. The predicted octanol–water partition coefficient (Wildman–Crippen LogP) is 2.98. The van der Waals surface area contributed by atoms with Gasteiger partial charge >= 0.3 is 0 Å². The van der Waals surface area contributed by atoms with E-state index in [1.807, 2.05) is 4.90 Å². The van der Waals surface area contributed by atoms with Gasteiger partial charge in [0.25, 0.3) is 5.91 Å². The standard InChI is InChI=1S/C22H29N7O/c30-22(29-10-8-28(9-11-29)18-4-2-1-3-5-18)20-21(26-17-12-23-15-24-13-17)25-14-19(27-20)16-6-7-16/h12-16,18H,1-11H2,(H,25,26). The molecule has 158 valence electrons. The average molecular weight is 408 g/mol. The minimum Gasteiger partial charge on any atom is -0.336 e. The molecule has 1 aliphatic heterocycles. The number of nitrogens with zero attached hydrogens (tertiary/aromatic N) is 6. The molecule has 2 saturated carbocycles. The van der Waals surface area contributed by atoms with Gasteiger partial charge in [-0.3, -0.25) is 9.69 Å². The molecule has 1 saturated heterocycles. The third-order valence-corrected chi connectivity index (χ3v) is 6.51. The van der Waals surface area contributed by atoms with Crippen molar-refractivity contribution in [1.29, 1.82) is 0 Å². The first-order valence-electron chi connectivity index (χ1n) is 11.2. The van der Waals surface area contributed by atoms with Gasteiger partial charge in [0.1, 0.15) is 6.33 Å². The first-order valence-corrected chi connectivity index (χ1v) is 11.2. The maximum atomic E-state index is 13.4. The fourth-order valence-corrected chi connectivity index (χ4v) is 4.61. The SMILES string of the molecule is O=C(c1nc(C2CC2)cnc1Nc1cncnc1)N1CCN(C2CCCCC2)CC1. The van der Waals surface area contributed by atoms with Gasteiger partial charge in [-0.1, -0.05) is 19.3 Å². The summed E-state index contributed by atoms with van der Waals surface area (Å²) >= 11 is 0. The lowest BCUT2D eigenvalue weighted by atomic mass is 9.94. The van der Waals surface area contributed by atoms with Crippen LogP contribution in [0, 0.1) is 0 Å². The summed E-state index contributed by atoms with van der Waals surface area (Å²) in [6.07, 6.45) is 15.5. The van der Waals surface area contributed by atoms with Crippen molar-refractivity contribution in [1.82, 2.24) is 29.7 Å². The molecular weight excluding hydrogens is 378 g/mol. The molecule has 3 heterocycles. The predicted molar refractivity (Wildman–Crippen MR) is 114 cm³/mol. The topological polar surface area (TPSA) is 87.1 Å². The van der Waals surface area contributed by atoms with E-state index < -0.39 is 0 Å². The summed E-state index contributed by atoms with van der Waals surface area (Å²) in [4.78, 5) is 35.3.